The zero-order chi connectivity index (χ0) is 11.1. The molecule has 0 unspecified atom stereocenters. The van der Waals surface area contributed by atoms with Gasteiger partial charge in [-0.1, -0.05) is 24.3 Å². The van der Waals surface area contributed by atoms with Crippen LogP contribution in [0.5, 0.6) is 0 Å². The van der Waals surface area contributed by atoms with Crippen LogP contribution in [0.4, 0.5) is 0 Å². The van der Waals surface area contributed by atoms with Crippen LogP contribution in [-0.2, 0) is 5.75 Å². The zero-order valence-electron chi connectivity index (χ0n) is 8.77. The van der Waals surface area contributed by atoms with Crippen LogP contribution in [0.3, 0.4) is 0 Å². The summed E-state index contributed by atoms with van der Waals surface area (Å²) in [5, 5.41) is 0. The van der Waals surface area contributed by atoms with Crippen molar-refractivity contribution in [2.24, 2.45) is 5.73 Å². The molecule has 0 fully saturated rings. The fourth-order valence-corrected chi connectivity index (χ4v) is 1.98. The maximum absolute atomic E-state index is 10.8. The molecule has 0 saturated heterocycles. The molecule has 0 aliphatic rings. The lowest BCUT2D eigenvalue weighted by Crippen LogP contribution is -2.10. The number of benzene rings is 1. The van der Waals surface area contributed by atoms with Gasteiger partial charge in [-0.05, 0) is 24.6 Å². The predicted molar refractivity (Wildman–Crippen MR) is 65.9 cm³/mol. The highest BCUT2D eigenvalue weighted by atomic mass is 32.2. The summed E-state index contributed by atoms with van der Waals surface area (Å²) in [4.78, 5) is 10.8. The van der Waals surface area contributed by atoms with Crippen molar-refractivity contribution in [1.29, 1.82) is 0 Å². The summed E-state index contributed by atoms with van der Waals surface area (Å²) < 4.78 is 0. The Labute approximate surface area is 94.6 Å². The number of hydrogen-bond acceptors (Lipinski definition) is 2. The standard InChI is InChI=1S/C12H15NOS/c1-2-3-8-15-9-10-4-6-11(7-5-10)12(13)14/h2-7H,8-9H2,1H3,(H2,13,14). The van der Waals surface area contributed by atoms with Gasteiger partial charge in [-0.3, -0.25) is 4.79 Å². The van der Waals surface area contributed by atoms with Crippen LogP contribution < -0.4 is 5.73 Å². The van der Waals surface area contributed by atoms with E-state index in [1.807, 2.05) is 36.9 Å². The maximum Gasteiger partial charge on any atom is 0.248 e. The molecule has 1 rings (SSSR count). The first-order valence-corrected chi connectivity index (χ1v) is 5.97. The molecule has 0 radical (unpaired) electrons. The van der Waals surface area contributed by atoms with Gasteiger partial charge in [0.15, 0.2) is 0 Å². The Bertz CT molecular complexity index is 343. The van der Waals surface area contributed by atoms with Crippen LogP contribution in [0.2, 0.25) is 0 Å². The largest absolute Gasteiger partial charge is 0.366 e. The molecule has 0 spiro atoms. The molecule has 2 nitrogen and oxygen atoms in total. The molecule has 0 bridgehead atoms. The minimum atomic E-state index is -0.372. The van der Waals surface area contributed by atoms with Gasteiger partial charge in [0.25, 0.3) is 0 Å². The van der Waals surface area contributed by atoms with E-state index in [1.165, 1.54) is 5.56 Å². The number of primary amides is 1. The molecule has 2 N–H and O–H groups in total. The Kier molecular flexibility index (Phi) is 4.98. The Morgan fingerprint density at radius 3 is 2.60 bits per heavy atom. The third-order valence-corrected chi connectivity index (χ3v) is 2.92. The minimum Gasteiger partial charge on any atom is -0.366 e. The molecular weight excluding hydrogens is 206 g/mol. The highest BCUT2D eigenvalue weighted by Gasteiger charge is 1.99. The normalized spacial score (nSPS) is 10.7. The molecular formula is C12H15NOS. The van der Waals surface area contributed by atoms with E-state index in [-0.39, 0.29) is 5.91 Å². The Morgan fingerprint density at radius 2 is 2.07 bits per heavy atom. The number of hydrogen-bond donors (Lipinski definition) is 1. The van der Waals surface area contributed by atoms with E-state index < -0.39 is 0 Å². The summed E-state index contributed by atoms with van der Waals surface area (Å²) in [6.45, 7) is 2.02. The quantitative estimate of drug-likeness (QED) is 0.613. The van der Waals surface area contributed by atoms with Crippen LogP contribution in [-0.4, -0.2) is 11.7 Å². The van der Waals surface area contributed by atoms with Crippen LogP contribution in [0.1, 0.15) is 22.8 Å². The van der Waals surface area contributed by atoms with Crippen molar-refractivity contribution in [3.63, 3.8) is 0 Å². The fraction of sp³-hybridized carbons (Fsp3) is 0.250. The van der Waals surface area contributed by atoms with Gasteiger partial charge in [0.2, 0.25) is 5.91 Å². The number of carbonyl (C=O) groups excluding carboxylic acids is 1. The fourth-order valence-electron chi connectivity index (χ4n) is 1.11. The minimum absolute atomic E-state index is 0.372. The summed E-state index contributed by atoms with van der Waals surface area (Å²) in [5.74, 6) is 1.61. The molecule has 3 heteroatoms. The van der Waals surface area contributed by atoms with Crippen molar-refractivity contribution in [2.45, 2.75) is 12.7 Å². The molecule has 0 aliphatic carbocycles. The van der Waals surface area contributed by atoms with E-state index in [1.54, 1.807) is 12.1 Å². The van der Waals surface area contributed by atoms with E-state index in [0.717, 1.165) is 11.5 Å². The molecule has 15 heavy (non-hydrogen) atoms. The highest BCUT2D eigenvalue weighted by molar-refractivity contribution is 7.98. The summed E-state index contributed by atoms with van der Waals surface area (Å²) in [6.07, 6.45) is 4.17. The maximum atomic E-state index is 10.8. The summed E-state index contributed by atoms with van der Waals surface area (Å²) >= 11 is 1.84. The van der Waals surface area contributed by atoms with Gasteiger partial charge in [0.1, 0.15) is 0 Å². The highest BCUT2D eigenvalue weighted by Crippen LogP contribution is 2.13. The lowest BCUT2D eigenvalue weighted by Gasteiger charge is -2.00. The third-order valence-electron chi connectivity index (χ3n) is 1.96. The van der Waals surface area contributed by atoms with Crippen LogP contribution in [0.25, 0.3) is 0 Å². The van der Waals surface area contributed by atoms with E-state index >= 15 is 0 Å². The number of amides is 1. The van der Waals surface area contributed by atoms with Crippen molar-refractivity contribution in [2.75, 3.05) is 5.75 Å². The second-order valence-electron chi connectivity index (χ2n) is 3.15. The lowest BCUT2D eigenvalue weighted by atomic mass is 10.1. The average Bonchev–Trinajstić information content (AvgIpc) is 2.25. The van der Waals surface area contributed by atoms with Gasteiger partial charge in [-0.25, -0.2) is 0 Å². The smallest absolute Gasteiger partial charge is 0.248 e. The molecule has 1 amide bonds. The molecule has 0 atom stereocenters. The van der Waals surface area contributed by atoms with Crippen molar-refractivity contribution in [3.8, 4) is 0 Å². The summed E-state index contributed by atoms with van der Waals surface area (Å²) in [6, 6.07) is 7.44. The van der Waals surface area contributed by atoms with E-state index in [2.05, 4.69) is 6.08 Å². The zero-order valence-corrected chi connectivity index (χ0v) is 9.59. The van der Waals surface area contributed by atoms with E-state index in [4.69, 9.17) is 5.73 Å². The Balaban J connectivity index is 2.46. The molecule has 0 aromatic heterocycles. The molecule has 1 aromatic carbocycles. The van der Waals surface area contributed by atoms with Gasteiger partial charge in [-0.15, -0.1) is 0 Å². The average molecular weight is 221 g/mol. The second-order valence-corrected chi connectivity index (χ2v) is 4.18. The molecule has 1 aromatic rings. The van der Waals surface area contributed by atoms with Crippen molar-refractivity contribution < 1.29 is 4.79 Å². The van der Waals surface area contributed by atoms with Gasteiger partial charge < -0.3 is 5.73 Å². The number of rotatable bonds is 5. The van der Waals surface area contributed by atoms with Crippen LogP contribution >= 0.6 is 11.8 Å². The molecule has 0 heterocycles. The van der Waals surface area contributed by atoms with Gasteiger partial charge in [-0.2, -0.15) is 11.8 Å². The van der Waals surface area contributed by atoms with Crippen molar-refractivity contribution in [1.82, 2.24) is 0 Å². The van der Waals surface area contributed by atoms with Crippen molar-refractivity contribution >= 4 is 17.7 Å². The number of allylic oxidation sites excluding steroid dienone is 1. The van der Waals surface area contributed by atoms with Gasteiger partial charge in [0, 0.05) is 17.1 Å². The Hall–Kier alpha value is -1.22. The van der Waals surface area contributed by atoms with Crippen LogP contribution in [0.15, 0.2) is 36.4 Å². The third kappa shape index (κ3) is 4.21. The monoisotopic (exact) mass is 221 g/mol. The first-order chi connectivity index (χ1) is 7.24. The lowest BCUT2D eigenvalue weighted by molar-refractivity contribution is 0.100. The van der Waals surface area contributed by atoms with Gasteiger partial charge in [0.05, 0.1) is 0 Å². The second kappa shape index (κ2) is 6.30. The van der Waals surface area contributed by atoms with Crippen LogP contribution in [0, 0.1) is 0 Å². The molecule has 0 saturated carbocycles. The topological polar surface area (TPSA) is 43.1 Å². The predicted octanol–water partition coefficient (Wildman–Crippen LogP) is 2.59. The first kappa shape index (κ1) is 11.9. The van der Waals surface area contributed by atoms with Crippen molar-refractivity contribution in [3.05, 3.63) is 47.5 Å². The number of carbonyl (C=O) groups is 1. The van der Waals surface area contributed by atoms with E-state index in [0.29, 0.717) is 5.56 Å². The van der Waals surface area contributed by atoms with Gasteiger partial charge >= 0.3 is 0 Å². The first-order valence-electron chi connectivity index (χ1n) is 4.81. The molecule has 0 aliphatic heterocycles. The summed E-state index contributed by atoms with van der Waals surface area (Å²) in [5.41, 5.74) is 6.93. The summed E-state index contributed by atoms with van der Waals surface area (Å²) in [7, 11) is 0. The number of nitrogens with two attached hydrogens (primary N) is 1. The SMILES string of the molecule is CC=CCSCc1ccc(C(N)=O)cc1. The molecule has 80 valence electrons. The Morgan fingerprint density at radius 1 is 1.40 bits per heavy atom. The van der Waals surface area contributed by atoms with E-state index in [9.17, 15) is 4.79 Å². The number of thioether (sulfide) groups is 1.